The van der Waals surface area contributed by atoms with E-state index in [1.807, 2.05) is 13.8 Å². The van der Waals surface area contributed by atoms with Crippen LogP contribution in [0.2, 0.25) is 5.15 Å². The molecule has 0 spiro atoms. The van der Waals surface area contributed by atoms with Gasteiger partial charge in [0.2, 0.25) is 0 Å². The van der Waals surface area contributed by atoms with Gasteiger partial charge >= 0.3 is 0 Å². The van der Waals surface area contributed by atoms with Crippen molar-refractivity contribution in [1.82, 2.24) is 9.97 Å². The first kappa shape index (κ1) is 14.5. The van der Waals surface area contributed by atoms with E-state index in [9.17, 15) is 0 Å². The molecule has 1 N–H and O–H groups in total. The third-order valence-electron chi connectivity index (χ3n) is 3.46. The van der Waals surface area contributed by atoms with E-state index >= 15 is 0 Å². The largest absolute Gasteiger partial charge is 0.378 e. The molecule has 1 fully saturated rings. The fraction of sp³-hybridized carbons (Fsp3) is 0.714. The summed E-state index contributed by atoms with van der Waals surface area (Å²) < 4.78 is 5.56. The number of nitrogens with zero attached hydrogens (tertiary/aromatic N) is 2. The Balaban J connectivity index is 2.04. The van der Waals surface area contributed by atoms with E-state index in [1.165, 1.54) is 0 Å². The van der Waals surface area contributed by atoms with Crippen LogP contribution >= 0.6 is 11.6 Å². The van der Waals surface area contributed by atoms with Crippen molar-refractivity contribution in [3.05, 3.63) is 16.5 Å². The quantitative estimate of drug-likeness (QED) is 0.840. The molecule has 5 heteroatoms. The average molecular weight is 284 g/mol. The van der Waals surface area contributed by atoms with Crippen LogP contribution in [0.25, 0.3) is 0 Å². The van der Waals surface area contributed by atoms with Crippen molar-refractivity contribution in [2.75, 3.05) is 11.9 Å². The van der Waals surface area contributed by atoms with Crippen molar-refractivity contribution in [3.8, 4) is 0 Å². The standard InChI is InChI=1S/C14H22ClN3O/c1-5-19-11-6-10(7-11)16-14-9(4)12(15)17-13(18-14)8(2)3/h8,10-11H,5-7H2,1-4H3,(H,16,17,18). The van der Waals surface area contributed by atoms with Crippen LogP contribution < -0.4 is 5.32 Å². The molecule has 0 bridgehead atoms. The molecule has 1 aliphatic carbocycles. The summed E-state index contributed by atoms with van der Waals surface area (Å²) >= 11 is 6.17. The fourth-order valence-electron chi connectivity index (χ4n) is 2.15. The number of rotatable bonds is 5. The van der Waals surface area contributed by atoms with E-state index in [2.05, 4.69) is 29.1 Å². The van der Waals surface area contributed by atoms with Gasteiger partial charge in [-0.25, -0.2) is 9.97 Å². The minimum atomic E-state index is 0.274. The molecule has 0 aromatic carbocycles. The maximum absolute atomic E-state index is 6.17. The normalized spacial score (nSPS) is 22.4. The van der Waals surface area contributed by atoms with Gasteiger partial charge in [0.1, 0.15) is 16.8 Å². The molecule has 19 heavy (non-hydrogen) atoms. The SMILES string of the molecule is CCOC1CC(Nc2nc(C(C)C)nc(Cl)c2C)C1. The number of halogens is 1. The molecule has 0 saturated heterocycles. The first-order chi connectivity index (χ1) is 9.01. The maximum atomic E-state index is 6.17. The first-order valence-corrected chi connectivity index (χ1v) is 7.31. The van der Waals surface area contributed by atoms with Crippen LogP contribution in [0.3, 0.4) is 0 Å². The Morgan fingerprint density at radius 1 is 1.37 bits per heavy atom. The topological polar surface area (TPSA) is 47.0 Å². The Bertz CT molecular complexity index is 445. The molecule has 106 valence electrons. The third-order valence-corrected chi connectivity index (χ3v) is 3.83. The van der Waals surface area contributed by atoms with Gasteiger partial charge in [-0.3, -0.25) is 0 Å². The van der Waals surface area contributed by atoms with Gasteiger partial charge in [0.05, 0.1) is 6.10 Å². The van der Waals surface area contributed by atoms with Crippen LogP contribution in [0, 0.1) is 6.92 Å². The highest BCUT2D eigenvalue weighted by atomic mass is 35.5. The Morgan fingerprint density at radius 2 is 2.05 bits per heavy atom. The predicted octanol–water partition coefficient (Wildman–Crippen LogP) is 3.54. The molecule has 2 rings (SSSR count). The van der Waals surface area contributed by atoms with Gasteiger partial charge in [-0.2, -0.15) is 0 Å². The third kappa shape index (κ3) is 3.37. The van der Waals surface area contributed by atoms with Crippen LogP contribution in [0.15, 0.2) is 0 Å². The van der Waals surface area contributed by atoms with Crippen LogP contribution in [-0.4, -0.2) is 28.7 Å². The van der Waals surface area contributed by atoms with Gasteiger partial charge in [-0.1, -0.05) is 25.4 Å². The van der Waals surface area contributed by atoms with Crippen LogP contribution in [0.5, 0.6) is 0 Å². The minimum absolute atomic E-state index is 0.274. The smallest absolute Gasteiger partial charge is 0.137 e. The lowest BCUT2D eigenvalue weighted by molar-refractivity contribution is 0.00291. The molecule has 1 heterocycles. The number of aromatic nitrogens is 2. The summed E-state index contributed by atoms with van der Waals surface area (Å²) in [6, 6.07) is 0.432. The van der Waals surface area contributed by atoms with Gasteiger partial charge in [-0.05, 0) is 26.7 Å². The molecule has 1 aliphatic rings. The minimum Gasteiger partial charge on any atom is -0.378 e. The van der Waals surface area contributed by atoms with Crippen molar-refractivity contribution in [1.29, 1.82) is 0 Å². The average Bonchev–Trinajstić information content (AvgIpc) is 2.31. The highest BCUT2D eigenvalue weighted by Crippen LogP contribution is 2.29. The van der Waals surface area contributed by atoms with Gasteiger partial charge < -0.3 is 10.1 Å². The van der Waals surface area contributed by atoms with Crippen molar-refractivity contribution in [3.63, 3.8) is 0 Å². The second-order valence-electron chi connectivity index (χ2n) is 5.39. The van der Waals surface area contributed by atoms with Gasteiger partial charge in [0.25, 0.3) is 0 Å². The van der Waals surface area contributed by atoms with Gasteiger partial charge in [0, 0.05) is 24.1 Å². The maximum Gasteiger partial charge on any atom is 0.137 e. The highest BCUT2D eigenvalue weighted by molar-refractivity contribution is 6.30. The van der Waals surface area contributed by atoms with Crippen molar-refractivity contribution < 1.29 is 4.74 Å². The molecule has 0 amide bonds. The summed E-state index contributed by atoms with van der Waals surface area (Å²) in [5, 5.41) is 4.00. The molecule has 0 aliphatic heterocycles. The van der Waals surface area contributed by atoms with E-state index in [-0.39, 0.29) is 5.92 Å². The Labute approximate surface area is 119 Å². The number of nitrogens with one attached hydrogen (secondary N) is 1. The predicted molar refractivity (Wildman–Crippen MR) is 77.9 cm³/mol. The summed E-state index contributed by atoms with van der Waals surface area (Å²) in [7, 11) is 0. The highest BCUT2D eigenvalue weighted by Gasteiger charge is 2.30. The van der Waals surface area contributed by atoms with E-state index in [1.54, 1.807) is 0 Å². The van der Waals surface area contributed by atoms with E-state index in [0.717, 1.165) is 36.7 Å². The second kappa shape index (κ2) is 6.06. The first-order valence-electron chi connectivity index (χ1n) is 6.93. The molecule has 1 saturated carbocycles. The molecule has 1 aromatic heterocycles. The Morgan fingerprint density at radius 3 is 2.63 bits per heavy atom. The van der Waals surface area contributed by atoms with E-state index < -0.39 is 0 Å². The Hall–Kier alpha value is -0.870. The number of hydrogen-bond acceptors (Lipinski definition) is 4. The van der Waals surface area contributed by atoms with Crippen LogP contribution in [-0.2, 0) is 4.74 Å². The van der Waals surface area contributed by atoms with Crippen molar-refractivity contribution >= 4 is 17.4 Å². The summed E-state index contributed by atoms with van der Waals surface area (Å²) in [5.41, 5.74) is 0.922. The Kier molecular flexibility index (Phi) is 4.63. The monoisotopic (exact) mass is 283 g/mol. The zero-order chi connectivity index (χ0) is 14.0. The molecule has 4 nitrogen and oxygen atoms in total. The molecule has 0 radical (unpaired) electrons. The lowest BCUT2D eigenvalue weighted by atomic mass is 9.89. The van der Waals surface area contributed by atoms with Crippen LogP contribution in [0.4, 0.5) is 5.82 Å². The summed E-state index contributed by atoms with van der Waals surface area (Å²) in [4.78, 5) is 8.90. The zero-order valence-electron chi connectivity index (χ0n) is 12.0. The van der Waals surface area contributed by atoms with E-state index in [4.69, 9.17) is 16.3 Å². The molecular weight excluding hydrogens is 262 g/mol. The number of anilines is 1. The molecule has 0 atom stereocenters. The summed E-state index contributed by atoms with van der Waals surface area (Å²) in [5.74, 6) is 1.93. The number of ether oxygens (including phenoxy) is 1. The van der Waals surface area contributed by atoms with Crippen molar-refractivity contribution in [2.24, 2.45) is 0 Å². The molecule has 0 unspecified atom stereocenters. The van der Waals surface area contributed by atoms with E-state index in [0.29, 0.717) is 17.3 Å². The lowest BCUT2D eigenvalue weighted by Crippen LogP contribution is -2.41. The second-order valence-corrected chi connectivity index (χ2v) is 5.75. The zero-order valence-corrected chi connectivity index (χ0v) is 12.8. The molecule has 1 aromatic rings. The fourth-order valence-corrected chi connectivity index (χ4v) is 2.33. The summed E-state index contributed by atoms with van der Waals surface area (Å²) in [6.07, 6.45) is 2.46. The summed E-state index contributed by atoms with van der Waals surface area (Å²) in [6.45, 7) is 8.91. The van der Waals surface area contributed by atoms with Crippen LogP contribution in [0.1, 0.15) is 50.9 Å². The lowest BCUT2D eigenvalue weighted by Gasteiger charge is -2.36. The molecular formula is C14H22ClN3O. The van der Waals surface area contributed by atoms with Crippen molar-refractivity contribution in [2.45, 2.75) is 58.6 Å². The van der Waals surface area contributed by atoms with Gasteiger partial charge in [0.15, 0.2) is 0 Å². The number of hydrogen-bond donors (Lipinski definition) is 1. The van der Waals surface area contributed by atoms with Gasteiger partial charge in [-0.15, -0.1) is 0 Å².